The lowest BCUT2D eigenvalue weighted by molar-refractivity contribution is 0.388. The first-order chi connectivity index (χ1) is 9.60. The van der Waals surface area contributed by atoms with Crippen LogP contribution in [0, 0.1) is 0 Å². The van der Waals surface area contributed by atoms with Crippen LogP contribution in [0.2, 0.25) is 0 Å². The van der Waals surface area contributed by atoms with E-state index in [0.717, 1.165) is 18.4 Å². The maximum atomic E-state index is 12.8. The summed E-state index contributed by atoms with van der Waals surface area (Å²) in [5.74, 6) is 0. The lowest BCUT2D eigenvalue weighted by Gasteiger charge is -2.23. The van der Waals surface area contributed by atoms with Crippen LogP contribution in [-0.2, 0) is 10.0 Å². The smallest absolute Gasteiger partial charge is 0.245 e. The molecule has 0 aliphatic carbocycles. The Kier molecular flexibility index (Phi) is 4.83. The molecule has 1 N–H and O–H groups in total. The van der Waals surface area contributed by atoms with Crippen molar-refractivity contribution in [3.05, 3.63) is 36.5 Å². The first-order valence-corrected chi connectivity index (χ1v) is 8.07. The van der Waals surface area contributed by atoms with E-state index in [1.807, 2.05) is 18.2 Å². The van der Waals surface area contributed by atoms with Crippen molar-refractivity contribution in [1.29, 1.82) is 0 Å². The number of hydrogen-bond acceptors (Lipinski definition) is 4. The molecule has 1 atom stereocenters. The molecule has 1 aromatic heterocycles. The number of fused-ring (bicyclic) bond motifs is 1. The Morgan fingerprint density at radius 3 is 2.76 bits per heavy atom. The molecule has 7 heteroatoms. The van der Waals surface area contributed by atoms with Crippen LogP contribution < -0.4 is 5.32 Å². The number of halogens is 1. The summed E-state index contributed by atoms with van der Waals surface area (Å²) in [6, 6.07) is 8.96. The SMILES string of the molecule is CN(C1CCNC1)S(=O)(=O)c1cccc2cccnc12.Cl. The first-order valence-electron chi connectivity index (χ1n) is 6.63. The molecule has 0 bridgehead atoms. The van der Waals surface area contributed by atoms with Crippen molar-refractivity contribution >= 4 is 33.3 Å². The zero-order chi connectivity index (χ0) is 14.2. The molecule has 2 heterocycles. The average molecular weight is 328 g/mol. The molecule has 0 amide bonds. The maximum Gasteiger partial charge on any atom is 0.245 e. The molecule has 21 heavy (non-hydrogen) atoms. The van der Waals surface area contributed by atoms with E-state index in [1.165, 1.54) is 4.31 Å². The fourth-order valence-electron chi connectivity index (χ4n) is 2.59. The molecule has 114 valence electrons. The second-order valence-corrected chi connectivity index (χ2v) is 6.97. The molecule has 1 aromatic carbocycles. The highest BCUT2D eigenvalue weighted by Crippen LogP contribution is 2.25. The molecule has 3 rings (SSSR count). The minimum Gasteiger partial charge on any atom is -0.315 e. The highest BCUT2D eigenvalue weighted by Gasteiger charge is 2.31. The third-order valence-corrected chi connectivity index (χ3v) is 5.74. The fourth-order valence-corrected chi connectivity index (χ4v) is 4.13. The van der Waals surface area contributed by atoms with Gasteiger partial charge in [0.15, 0.2) is 0 Å². The molecule has 1 aliphatic rings. The zero-order valence-electron chi connectivity index (χ0n) is 11.7. The van der Waals surface area contributed by atoms with Crippen molar-refractivity contribution in [2.75, 3.05) is 20.1 Å². The van der Waals surface area contributed by atoms with Gasteiger partial charge in [0.1, 0.15) is 4.90 Å². The molecule has 1 saturated heterocycles. The second-order valence-electron chi connectivity index (χ2n) is 5.00. The predicted molar refractivity (Wildman–Crippen MR) is 85.2 cm³/mol. The first kappa shape index (κ1) is 16.2. The van der Waals surface area contributed by atoms with Gasteiger partial charge in [-0.3, -0.25) is 4.98 Å². The number of nitrogens with one attached hydrogen (secondary N) is 1. The molecule has 5 nitrogen and oxygen atoms in total. The van der Waals surface area contributed by atoms with Gasteiger partial charge in [0, 0.05) is 31.2 Å². The van der Waals surface area contributed by atoms with Gasteiger partial charge in [0.05, 0.1) is 5.52 Å². The number of pyridine rings is 1. The van der Waals surface area contributed by atoms with Gasteiger partial charge in [-0.15, -0.1) is 12.4 Å². The molecule has 1 fully saturated rings. The van der Waals surface area contributed by atoms with E-state index in [2.05, 4.69) is 10.3 Å². The lowest BCUT2D eigenvalue weighted by Crippen LogP contribution is -2.38. The number of nitrogens with zero attached hydrogens (tertiary/aromatic N) is 2. The normalized spacial score (nSPS) is 18.9. The van der Waals surface area contributed by atoms with Crippen molar-refractivity contribution in [2.45, 2.75) is 17.4 Å². The summed E-state index contributed by atoms with van der Waals surface area (Å²) in [5.41, 5.74) is 0.535. The Bertz CT molecular complexity index is 725. The van der Waals surface area contributed by atoms with Crippen molar-refractivity contribution in [3.63, 3.8) is 0 Å². The number of benzene rings is 1. The van der Waals surface area contributed by atoms with E-state index in [4.69, 9.17) is 0 Å². The largest absolute Gasteiger partial charge is 0.315 e. The van der Waals surface area contributed by atoms with Crippen LogP contribution in [0.15, 0.2) is 41.4 Å². The maximum absolute atomic E-state index is 12.8. The number of sulfonamides is 1. The minimum atomic E-state index is -3.52. The van der Waals surface area contributed by atoms with Crippen molar-refractivity contribution in [1.82, 2.24) is 14.6 Å². The predicted octanol–water partition coefficient (Wildman–Crippen LogP) is 1.64. The van der Waals surface area contributed by atoms with Crippen LogP contribution in [0.5, 0.6) is 0 Å². The van der Waals surface area contributed by atoms with Gasteiger partial charge in [-0.1, -0.05) is 18.2 Å². The Balaban J connectivity index is 0.00000161. The third-order valence-electron chi connectivity index (χ3n) is 3.80. The standard InChI is InChI=1S/C14H17N3O2S.ClH/c1-17(12-7-9-15-10-12)20(18,19)13-6-2-4-11-5-3-8-16-14(11)13;/h2-6,8,12,15H,7,9-10H2,1H3;1H. The quantitative estimate of drug-likeness (QED) is 0.931. The van der Waals surface area contributed by atoms with E-state index in [0.29, 0.717) is 12.1 Å². The Hall–Kier alpha value is -1.21. The fraction of sp³-hybridized carbons (Fsp3) is 0.357. The van der Waals surface area contributed by atoms with Crippen LogP contribution >= 0.6 is 12.4 Å². The average Bonchev–Trinajstić information content (AvgIpc) is 2.99. The van der Waals surface area contributed by atoms with Crippen LogP contribution in [0.1, 0.15) is 6.42 Å². The van der Waals surface area contributed by atoms with E-state index in [-0.39, 0.29) is 23.3 Å². The van der Waals surface area contributed by atoms with Crippen LogP contribution in [0.4, 0.5) is 0 Å². The summed E-state index contributed by atoms with van der Waals surface area (Å²) in [6.45, 7) is 1.56. The molecule has 2 aromatic rings. The molecular formula is C14H18ClN3O2S. The van der Waals surface area contributed by atoms with Crippen LogP contribution in [0.25, 0.3) is 10.9 Å². The molecule has 1 unspecified atom stereocenters. The Labute approximate surface area is 130 Å². The molecule has 1 aliphatic heterocycles. The number of likely N-dealkylation sites (N-methyl/N-ethyl adjacent to an activating group) is 1. The Morgan fingerprint density at radius 2 is 2.05 bits per heavy atom. The second kappa shape index (κ2) is 6.27. The number of rotatable bonds is 3. The van der Waals surface area contributed by atoms with Crippen molar-refractivity contribution in [3.8, 4) is 0 Å². The highest BCUT2D eigenvalue weighted by atomic mass is 35.5. The van der Waals surface area contributed by atoms with Crippen LogP contribution in [-0.4, -0.2) is 43.9 Å². The summed E-state index contributed by atoms with van der Waals surface area (Å²) in [4.78, 5) is 4.52. The van der Waals surface area contributed by atoms with Gasteiger partial charge in [0.25, 0.3) is 0 Å². The summed E-state index contributed by atoms with van der Waals surface area (Å²) < 4.78 is 27.1. The molecule has 0 saturated carbocycles. The number of para-hydroxylation sites is 1. The van der Waals surface area contributed by atoms with E-state index < -0.39 is 10.0 Å². The van der Waals surface area contributed by atoms with Gasteiger partial charge in [-0.25, -0.2) is 8.42 Å². The molecule has 0 spiro atoms. The van der Waals surface area contributed by atoms with Crippen molar-refractivity contribution < 1.29 is 8.42 Å². The summed E-state index contributed by atoms with van der Waals surface area (Å²) in [5, 5.41) is 4.03. The van der Waals surface area contributed by atoms with Gasteiger partial charge < -0.3 is 5.32 Å². The highest BCUT2D eigenvalue weighted by molar-refractivity contribution is 7.89. The molecular weight excluding hydrogens is 310 g/mol. The monoisotopic (exact) mass is 327 g/mol. The van der Waals surface area contributed by atoms with Crippen LogP contribution in [0.3, 0.4) is 0 Å². The van der Waals surface area contributed by atoms with E-state index in [9.17, 15) is 8.42 Å². The molecule has 0 radical (unpaired) electrons. The third kappa shape index (κ3) is 2.89. The lowest BCUT2D eigenvalue weighted by atomic mass is 10.2. The zero-order valence-corrected chi connectivity index (χ0v) is 13.3. The van der Waals surface area contributed by atoms with Gasteiger partial charge in [-0.05, 0) is 25.1 Å². The number of aromatic nitrogens is 1. The van der Waals surface area contributed by atoms with Gasteiger partial charge in [0.2, 0.25) is 10.0 Å². The van der Waals surface area contributed by atoms with Crippen molar-refractivity contribution in [2.24, 2.45) is 0 Å². The van der Waals surface area contributed by atoms with Gasteiger partial charge >= 0.3 is 0 Å². The topological polar surface area (TPSA) is 62.3 Å². The summed E-state index contributed by atoms with van der Waals surface area (Å²) in [6.07, 6.45) is 2.46. The summed E-state index contributed by atoms with van der Waals surface area (Å²) in [7, 11) is -1.87. The summed E-state index contributed by atoms with van der Waals surface area (Å²) >= 11 is 0. The number of hydrogen-bond donors (Lipinski definition) is 1. The minimum absolute atomic E-state index is 0. The van der Waals surface area contributed by atoms with E-state index in [1.54, 1.807) is 25.4 Å². The van der Waals surface area contributed by atoms with E-state index >= 15 is 0 Å². The Morgan fingerprint density at radius 1 is 1.29 bits per heavy atom. The van der Waals surface area contributed by atoms with Gasteiger partial charge in [-0.2, -0.15) is 4.31 Å².